The molecule has 2 unspecified atom stereocenters. The number of anilines is 1. The molecule has 2 atom stereocenters. The minimum absolute atomic E-state index is 0.0674. The zero-order valence-electron chi connectivity index (χ0n) is 17.6. The first kappa shape index (κ1) is 20.3. The van der Waals surface area contributed by atoms with E-state index in [4.69, 9.17) is 9.84 Å². The number of hydrazone groups is 1. The molecule has 1 spiro atoms. The van der Waals surface area contributed by atoms with Crippen LogP contribution < -0.4 is 4.90 Å². The number of nitrogens with zero attached hydrogens (tertiary/aromatic N) is 3. The van der Waals surface area contributed by atoms with Gasteiger partial charge in [-0.05, 0) is 51.5 Å². The molecule has 1 amide bonds. The van der Waals surface area contributed by atoms with Crippen molar-refractivity contribution in [2.24, 2.45) is 11.0 Å². The lowest BCUT2D eigenvalue weighted by Gasteiger charge is -2.44. The Kier molecular flexibility index (Phi) is 4.55. The molecule has 2 aromatic carbocycles. The number of carbonyl (C=O) groups excluding carboxylic acids is 1. The van der Waals surface area contributed by atoms with Crippen LogP contribution in [0.4, 0.5) is 19.3 Å². The lowest BCUT2D eigenvalue weighted by atomic mass is 9.87. The number of fused-ring (bicyclic) bond motifs is 1. The van der Waals surface area contributed by atoms with Crippen molar-refractivity contribution < 1.29 is 18.3 Å². The zero-order chi connectivity index (χ0) is 22.0. The van der Waals surface area contributed by atoms with Gasteiger partial charge in [-0.3, -0.25) is 9.91 Å². The number of benzene rings is 2. The molecule has 5 rings (SSSR count). The van der Waals surface area contributed by atoms with Gasteiger partial charge in [-0.25, -0.2) is 13.6 Å². The zero-order valence-corrected chi connectivity index (χ0v) is 18.4. The van der Waals surface area contributed by atoms with E-state index in [1.165, 1.54) is 17.8 Å². The summed E-state index contributed by atoms with van der Waals surface area (Å²) in [7, 11) is 0. The van der Waals surface area contributed by atoms with Gasteiger partial charge in [-0.15, -0.1) is 0 Å². The summed E-state index contributed by atoms with van der Waals surface area (Å²) in [5.74, 6) is -0.931. The van der Waals surface area contributed by atoms with Crippen LogP contribution in [0.5, 0.6) is 0 Å². The van der Waals surface area contributed by atoms with Crippen LogP contribution in [0.25, 0.3) is 0 Å². The summed E-state index contributed by atoms with van der Waals surface area (Å²) < 4.78 is 34.0. The maximum Gasteiger partial charge on any atom is 0.414 e. The average Bonchev–Trinajstić information content (AvgIpc) is 3.24. The van der Waals surface area contributed by atoms with Gasteiger partial charge < -0.3 is 4.74 Å². The van der Waals surface area contributed by atoms with E-state index in [0.717, 1.165) is 29.8 Å². The highest BCUT2D eigenvalue weighted by Crippen LogP contribution is 2.61. The first-order valence-corrected chi connectivity index (χ1v) is 11.1. The van der Waals surface area contributed by atoms with E-state index >= 15 is 0 Å². The Bertz CT molecular complexity index is 1100. The van der Waals surface area contributed by atoms with Crippen LogP contribution in [-0.2, 0) is 9.61 Å². The number of thioether (sulfide) groups is 1. The Morgan fingerprint density at radius 3 is 2.77 bits per heavy atom. The third-order valence-electron chi connectivity index (χ3n) is 5.85. The lowest BCUT2D eigenvalue weighted by molar-refractivity contribution is 0.0562. The van der Waals surface area contributed by atoms with E-state index in [1.54, 1.807) is 4.90 Å². The summed E-state index contributed by atoms with van der Waals surface area (Å²) in [6.07, 6.45) is 0.455. The maximum atomic E-state index is 14.5. The molecule has 2 aromatic rings. The van der Waals surface area contributed by atoms with Crippen molar-refractivity contribution >= 4 is 28.6 Å². The number of amides is 1. The van der Waals surface area contributed by atoms with Crippen LogP contribution in [0.1, 0.15) is 38.3 Å². The molecule has 0 saturated carbocycles. The van der Waals surface area contributed by atoms with Crippen molar-refractivity contribution in [1.29, 1.82) is 0 Å². The second kappa shape index (κ2) is 6.95. The van der Waals surface area contributed by atoms with Crippen molar-refractivity contribution in [3.05, 3.63) is 65.2 Å². The third-order valence-corrected chi connectivity index (χ3v) is 7.42. The largest absolute Gasteiger partial charge is 0.443 e. The lowest BCUT2D eigenvalue weighted by Crippen LogP contribution is -2.50. The van der Waals surface area contributed by atoms with Crippen molar-refractivity contribution in [1.82, 2.24) is 5.01 Å². The number of para-hydroxylation sites is 1. The van der Waals surface area contributed by atoms with Crippen LogP contribution >= 0.6 is 11.8 Å². The van der Waals surface area contributed by atoms with Crippen LogP contribution in [0.2, 0.25) is 0 Å². The molecule has 162 valence electrons. The Morgan fingerprint density at radius 1 is 1.23 bits per heavy atom. The fraction of sp³-hybridized carbons (Fsp3) is 0.391. The van der Waals surface area contributed by atoms with Gasteiger partial charge in [0.25, 0.3) is 0 Å². The van der Waals surface area contributed by atoms with Gasteiger partial charge in [0.1, 0.15) is 27.2 Å². The summed E-state index contributed by atoms with van der Waals surface area (Å²) in [5, 5.41) is 7.14. The van der Waals surface area contributed by atoms with Gasteiger partial charge in [0, 0.05) is 30.1 Å². The summed E-state index contributed by atoms with van der Waals surface area (Å²) in [5.41, 5.74) is 1.27. The van der Waals surface area contributed by atoms with Gasteiger partial charge in [-0.2, -0.15) is 5.10 Å². The molecular formula is C23H23F2N3O2S. The highest BCUT2D eigenvalue weighted by Gasteiger charge is 2.59. The molecule has 0 aliphatic carbocycles. The van der Waals surface area contributed by atoms with E-state index in [0.29, 0.717) is 18.1 Å². The van der Waals surface area contributed by atoms with Crippen LogP contribution in [0.15, 0.2) is 47.6 Å². The molecule has 1 fully saturated rings. The van der Waals surface area contributed by atoms with E-state index in [1.807, 2.05) is 50.0 Å². The fourth-order valence-electron chi connectivity index (χ4n) is 4.61. The Morgan fingerprint density at radius 2 is 2.00 bits per heavy atom. The molecule has 3 heterocycles. The predicted octanol–water partition coefficient (Wildman–Crippen LogP) is 5.30. The van der Waals surface area contributed by atoms with Gasteiger partial charge >= 0.3 is 6.09 Å². The van der Waals surface area contributed by atoms with Gasteiger partial charge in [0.05, 0.1) is 5.69 Å². The van der Waals surface area contributed by atoms with Gasteiger partial charge in [0.15, 0.2) is 0 Å². The number of rotatable bonds is 1. The van der Waals surface area contributed by atoms with Crippen LogP contribution in [0, 0.1) is 17.6 Å². The number of hydrogen-bond acceptors (Lipinski definition) is 5. The Labute approximate surface area is 184 Å². The molecule has 5 nitrogen and oxygen atoms in total. The Hall–Kier alpha value is -2.61. The third kappa shape index (κ3) is 3.19. The Balaban J connectivity index is 1.56. The normalized spacial score (nSPS) is 24.4. The molecule has 0 aromatic heterocycles. The predicted molar refractivity (Wildman–Crippen MR) is 117 cm³/mol. The quantitative estimate of drug-likeness (QED) is 0.600. The highest BCUT2D eigenvalue weighted by molar-refractivity contribution is 8.15. The minimum Gasteiger partial charge on any atom is -0.443 e. The van der Waals surface area contributed by atoms with Gasteiger partial charge in [0.2, 0.25) is 0 Å². The monoisotopic (exact) mass is 443 g/mol. The second-order valence-electron chi connectivity index (χ2n) is 9.04. The summed E-state index contributed by atoms with van der Waals surface area (Å²) in [4.78, 5) is 14.1. The molecule has 1 saturated heterocycles. The number of hydrogen-bond donors (Lipinski definition) is 0. The molecular weight excluding hydrogens is 420 g/mol. The van der Waals surface area contributed by atoms with Crippen molar-refractivity contribution in [2.45, 2.75) is 37.7 Å². The summed E-state index contributed by atoms with van der Waals surface area (Å²) in [6, 6.07) is 11.1. The van der Waals surface area contributed by atoms with Crippen molar-refractivity contribution in [3.63, 3.8) is 0 Å². The highest BCUT2D eigenvalue weighted by atomic mass is 32.2. The molecule has 3 aliphatic rings. The molecule has 3 aliphatic heterocycles. The van der Waals surface area contributed by atoms with Crippen molar-refractivity contribution in [3.8, 4) is 0 Å². The second-order valence-corrected chi connectivity index (χ2v) is 10.3. The minimum atomic E-state index is -0.601. The average molecular weight is 444 g/mol. The van der Waals surface area contributed by atoms with Crippen LogP contribution in [0.3, 0.4) is 0 Å². The molecule has 0 radical (unpaired) electrons. The van der Waals surface area contributed by atoms with E-state index in [-0.39, 0.29) is 17.6 Å². The molecule has 0 N–H and O–H groups in total. The van der Waals surface area contributed by atoms with Crippen molar-refractivity contribution in [2.75, 3.05) is 18.0 Å². The topological polar surface area (TPSA) is 45.1 Å². The van der Waals surface area contributed by atoms with Gasteiger partial charge in [-0.1, -0.05) is 30.0 Å². The summed E-state index contributed by atoms with van der Waals surface area (Å²) in [6.45, 7) is 6.69. The fourth-order valence-corrected chi connectivity index (χ4v) is 6.19. The maximum absolute atomic E-state index is 14.5. The number of halogens is 2. The molecule has 31 heavy (non-hydrogen) atoms. The first-order chi connectivity index (χ1) is 14.7. The standard InChI is InChI=1S/C23H23F2N3O2S/c1-22(2,3)30-21(29)27-13-14-10-11-28-23(14,17-6-4-5-7-19(17)27)31-20(26-28)16-12-15(24)8-9-18(16)25/h4-9,12,14H,10-11,13H2,1-3H3. The first-order valence-electron chi connectivity index (χ1n) is 10.3. The SMILES string of the molecule is CC(C)(C)OC(=O)N1CC2CCN3N=C(c4cc(F)ccc4F)SC23c2ccccc21. The van der Waals surface area contributed by atoms with E-state index in [2.05, 4.69) is 0 Å². The number of carbonyl (C=O) groups is 1. The molecule has 8 heteroatoms. The van der Waals surface area contributed by atoms with Crippen LogP contribution in [-0.4, -0.2) is 34.8 Å². The summed E-state index contributed by atoms with van der Waals surface area (Å²) >= 11 is 1.45. The van der Waals surface area contributed by atoms with E-state index < -0.39 is 22.1 Å². The number of ether oxygens (including phenoxy) is 1. The smallest absolute Gasteiger partial charge is 0.414 e. The molecule has 0 bridgehead atoms. The van der Waals surface area contributed by atoms with E-state index in [9.17, 15) is 13.6 Å².